The number of benzene rings is 3. The lowest BCUT2D eigenvalue weighted by atomic mass is 10.0. The summed E-state index contributed by atoms with van der Waals surface area (Å²) in [4.78, 5) is 32.7. The number of nitrogens with zero attached hydrogens (tertiary/aromatic N) is 1. The summed E-state index contributed by atoms with van der Waals surface area (Å²) in [6, 6.07) is 17.8. The molecule has 2 amide bonds. The number of phenolic OH excluding ortho intramolecular Hbond substituents is 1. The average molecular weight is 514 g/mol. The molecule has 1 heterocycles. The molecule has 0 aliphatic carbocycles. The quantitative estimate of drug-likeness (QED) is 0.177. The number of carbonyl (C=O) groups is 2. The molecule has 4 rings (SSSR count). The minimum atomic E-state index is -0.680. The molecule has 0 saturated carbocycles. The van der Waals surface area contributed by atoms with E-state index >= 15 is 0 Å². The zero-order chi connectivity index (χ0) is 26.9. The third-order valence-corrected chi connectivity index (χ3v) is 7.16. The summed E-state index contributed by atoms with van der Waals surface area (Å²) in [5.74, 6) is -0.118. The molecule has 3 N–H and O–H groups in total. The van der Waals surface area contributed by atoms with E-state index in [1.807, 2.05) is 41.4 Å². The van der Waals surface area contributed by atoms with E-state index in [1.54, 1.807) is 30.3 Å². The van der Waals surface area contributed by atoms with Gasteiger partial charge in [0.25, 0.3) is 5.91 Å². The summed E-state index contributed by atoms with van der Waals surface area (Å²) in [7, 11) is 0. The van der Waals surface area contributed by atoms with Crippen LogP contribution in [0.5, 0.6) is 5.75 Å². The molecule has 0 spiro atoms. The largest absolute Gasteiger partial charge is 0.508 e. The lowest BCUT2D eigenvalue weighted by molar-refractivity contribution is -0.133. The van der Waals surface area contributed by atoms with Gasteiger partial charge >= 0.3 is 0 Å². The third kappa shape index (κ3) is 6.74. The summed E-state index contributed by atoms with van der Waals surface area (Å²) < 4.78 is 0. The van der Waals surface area contributed by atoms with Crippen molar-refractivity contribution in [2.24, 2.45) is 0 Å². The Morgan fingerprint density at radius 2 is 1.58 bits per heavy atom. The van der Waals surface area contributed by atoms with E-state index in [4.69, 9.17) is 0 Å². The van der Waals surface area contributed by atoms with Gasteiger partial charge in [0.05, 0.1) is 0 Å². The first kappa shape index (κ1) is 27.2. The van der Waals surface area contributed by atoms with Crippen LogP contribution in [0.1, 0.15) is 68.3 Å². The monoisotopic (exact) mass is 513 g/mol. The molecule has 6 heteroatoms. The van der Waals surface area contributed by atoms with Gasteiger partial charge in [0.2, 0.25) is 5.91 Å². The zero-order valence-electron chi connectivity index (χ0n) is 22.5. The summed E-state index contributed by atoms with van der Waals surface area (Å²) in [6.07, 6.45) is 8.59. The summed E-state index contributed by atoms with van der Waals surface area (Å²) in [5, 5.41) is 15.6. The lowest BCUT2D eigenvalue weighted by Crippen LogP contribution is -2.50. The average Bonchev–Trinajstić information content (AvgIpc) is 3.34. The van der Waals surface area contributed by atoms with Crippen LogP contribution >= 0.6 is 0 Å². The number of nitrogens with one attached hydrogen (secondary N) is 2. The number of unbranched alkanes of at least 4 members (excludes halogenated alkanes) is 4. The fourth-order valence-electron chi connectivity index (χ4n) is 4.99. The first-order chi connectivity index (χ1) is 18.5. The molecule has 0 radical (unpaired) electrons. The smallest absolute Gasteiger partial charge is 0.251 e. The SMILES string of the molecule is CCCCCN(CCCCC)C(=O)C(Cc1c[nH]c2ccccc12)NC(=O)c1ccc2cc(O)ccc2c1. The molecule has 1 atom stereocenters. The minimum Gasteiger partial charge on any atom is -0.508 e. The Kier molecular flexibility index (Phi) is 9.41. The Labute approximate surface area is 225 Å². The molecule has 38 heavy (non-hydrogen) atoms. The van der Waals surface area contributed by atoms with Crippen molar-refractivity contribution in [1.29, 1.82) is 0 Å². The zero-order valence-corrected chi connectivity index (χ0v) is 22.5. The maximum absolute atomic E-state index is 14.0. The second-order valence-corrected chi connectivity index (χ2v) is 10.1. The third-order valence-electron chi connectivity index (χ3n) is 7.16. The molecule has 6 nitrogen and oxygen atoms in total. The Morgan fingerprint density at radius 1 is 0.895 bits per heavy atom. The van der Waals surface area contributed by atoms with Gasteiger partial charge in [-0.15, -0.1) is 0 Å². The van der Waals surface area contributed by atoms with Gasteiger partial charge in [-0.1, -0.05) is 69.9 Å². The van der Waals surface area contributed by atoms with Crippen LogP contribution < -0.4 is 5.32 Å². The van der Waals surface area contributed by atoms with E-state index in [0.29, 0.717) is 25.1 Å². The van der Waals surface area contributed by atoms with Gasteiger partial charge in [0, 0.05) is 42.2 Å². The van der Waals surface area contributed by atoms with Crippen LogP contribution in [0.3, 0.4) is 0 Å². The molecule has 200 valence electrons. The number of phenols is 1. The van der Waals surface area contributed by atoms with E-state index in [-0.39, 0.29) is 17.6 Å². The number of aromatic amines is 1. The number of rotatable bonds is 13. The van der Waals surface area contributed by atoms with Crippen LogP contribution in [0.2, 0.25) is 0 Å². The molecule has 3 aromatic carbocycles. The van der Waals surface area contributed by atoms with E-state index in [1.165, 1.54) is 0 Å². The van der Waals surface area contributed by atoms with Crippen LogP contribution in [0, 0.1) is 0 Å². The number of H-pyrrole nitrogens is 1. The van der Waals surface area contributed by atoms with E-state index < -0.39 is 6.04 Å². The highest BCUT2D eigenvalue weighted by Gasteiger charge is 2.27. The summed E-state index contributed by atoms with van der Waals surface area (Å²) in [6.45, 7) is 5.73. The van der Waals surface area contributed by atoms with Gasteiger partial charge in [0.15, 0.2) is 0 Å². The van der Waals surface area contributed by atoms with Crippen LogP contribution in [-0.2, 0) is 11.2 Å². The number of aromatic nitrogens is 1. The molecule has 4 aromatic rings. The minimum absolute atomic E-state index is 0.0263. The number of hydrogen-bond donors (Lipinski definition) is 3. The van der Waals surface area contributed by atoms with E-state index in [2.05, 4.69) is 24.1 Å². The Morgan fingerprint density at radius 3 is 2.32 bits per heavy atom. The highest BCUT2D eigenvalue weighted by Crippen LogP contribution is 2.23. The number of carbonyl (C=O) groups excluding carboxylic acids is 2. The van der Waals surface area contributed by atoms with Crippen molar-refractivity contribution >= 4 is 33.5 Å². The molecule has 1 unspecified atom stereocenters. The summed E-state index contributed by atoms with van der Waals surface area (Å²) >= 11 is 0. The molecule has 1 aromatic heterocycles. The van der Waals surface area contributed by atoms with Crippen LogP contribution in [0.15, 0.2) is 66.9 Å². The van der Waals surface area contributed by atoms with Crippen molar-refractivity contribution in [1.82, 2.24) is 15.2 Å². The first-order valence-electron chi connectivity index (χ1n) is 13.9. The molecular formula is C32H39N3O3. The van der Waals surface area contributed by atoms with Crippen LogP contribution in [0.25, 0.3) is 21.7 Å². The van der Waals surface area contributed by atoms with Crippen molar-refractivity contribution < 1.29 is 14.7 Å². The van der Waals surface area contributed by atoms with Gasteiger partial charge in [-0.05, 0) is 59.5 Å². The van der Waals surface area contributed by atoms with Gasteiger partial charge < -0.3 is 20.3 Å². The van der Waals surface area contributed by atoms with Gasteiger partial charge in [0.1, 0.15) is 11.8 Å². The van der Waals surface area contributed by atoms with Gasteiger partial charge in [-0.2, -0.15) is 0 Å². The van der Waals surface area contributed by atoms with Gasteiger partial charge in [-0.3, -0.25) is 9.59 Å². The van der Waals surface area contributed by atoms with Crippen molar-refractivity contribution in [3.63, 3.8) is 0 Å². The first-order valence-corrected chi connectivity index (χ1v) is 13.9. The standard InChI is InChI=1S/C32H39N3O3/c1-3-5-9-17-35(18-10-6-4-2)32(38)30(21-26-22-33-29-12-8-7-11-28(26)29)34-31(37)25-14-13-24-20-27(36)16-15-23(24)19-25/h7-8,11-16,19-20,22,30,33,36H,3-6,9-10,17-18,21H2,1-2H3,(H,34,37). The Hall–Kier alpha value is -3.80. The predicted octanol–water partition coefficient (Wildman–Crippen LogP) is 6.58. The Balaban J connectivity index is 1.61. The molecule has 0 aliphatic heterocycles. The fourth-order valence-corrected chi connectivity index (χ4v) is 4.99. The van der Waals surface area contributed by atoms with E-state index in [0.717, 1.165) is 65.8 Å². The molecule has 0 aliphatic rings. The van der Waals surface area contributed by atoms with Gasteiger partial charge in [-0.25, -0.2) is 0 Å². The number of fused-ring (bicyclic) bond motifs is 2. The maximum Gasteiger partial charge on any atom is 0.251 e. The molecule has 0 saturated heterocycles. The molecule has 0 fully saturated rings. The Bertz CT molecular complexity index is 1370. The molecule has 0 bridgehead atoms. The van der Waals surface area contributed by atoms with Crippen molar-refractivity contribution in [2.45, 2.75) is 64.8 Å². The number of para-hydroxylation sites is 1. The maximum atomic E-state index is 14.0. The summed E-state index contributed by atoms with van der Waals surface area (Å²) in [5.41, 5.74) is 2.51. The van der Waals surface area contributed by atoms with Crippen molar-refractivity contribution in [3.05, 3.63) is 78.0 Å². The number of amides is 2. The number of hydrogen-bond acceptors (Lipinski definition) is 3. The van der Waals surface area contributed by atoms with Crippen molar-refractivity contribution in [3.8, 4) is 5.75 Å². The highest BCUT2D eigenvalue weighted by molar-refractivity contribution is 6.01. The topological polar surface area (TPSA) is 85.4 Å². The lowest BCUT2D eigenvalue weighted by Gasteiger charge is -2.28. The van der Waals surface area contributed by atoms with Crippen molar-refractivity contribution in [2.75, 3.05) is 13.1 Å². The highest BCUT2D eigenvalue weighted by atomic mass is 16.3. The molecular weight excluding hydrogens is 474 g/mol. The normalized spacial score (nSPS) is 12.1. The van der Waals surface area contributed by atoms with E-state index in [9.17, 15) is 14.7 Å². The number of aromatic hydroxyl groups is 1. The second kappa shape index (κ2) is 13.1. The fraction of sp³-hybridized carbons (Fsp3) is 0.375. The van der Waals surface area contributed by atoms with Crippen LogP contribution in [-0.4, -0.2) is 45.9 Å². The van der Waals surface area contributed by atoms with Crippen LogP contribution in [0.4, 0.5) is 0 Å². The second-order valence-electron chi connectivity index (χ2n) is 10.1. The predicted molar refractivity (Wildman–Crippen MR) is 154 cm³/mol.